The molecule has 0 heterocycles. The normalized spacial score (nSPS) is 12.4. The van der Waals surface area contributed by atoms with E-state index < -0.39 is 5.60 Å². The Bertz CT molecular complexity index is 252. The van der Waals surface area contributed by atoms with Crippen molar-refractivity contribution in [2.75, 3.05) is 19.6 Å². The summed E-state index contributed by atoms with van der Waals surface area (Å²) in [5, 5.41) is 12.6. The second-order valence-corrected chi connectivity index (χ2v) is 6.72. The maximum absolute atomic E-state index is 11.9. The highest BCUT2D eigenvalue weighted by Crippen LogP contribution is 2.19. The van der Waals surface area contributed by atoms with Crippen LogP contribution in [0.25, 0.3) is 0 Å². The van der Waals surface area contributed by atoms with Gasteiger partial charge in [-0.25, -0.2) is 4.79 Å². The van der Waals surface area contributed by atoms with Crippen molar-refractivity contribution in [1.82, 2.24) is 10.2 Å². The molecule has 0 aromatic carbocycles. The number of hydrogen-bond acceptors (Lipinski definition) is 2. The quantitative estimate of drug-likeness (QED) is 0.720. The van der Waals surface area contributed by atoms with E-state index >= 15 is 0 Å². The van der Waals surface area contributed by atoms with Gasteiger partial charge in [-0.3, -0.25) is 0 Å². The van der Waals surface area contributed by atoms with Gasteiger partial charge in [0, 0.05) is 13.1 Å². The van der Waals surface area contributed by atoms with Gasteiger partial charge in [-0.15, -0.1) is 0 Å². The van der Waals surface area contributed by atoms with Crippen molar-refractivity contribution >= 4 is 6.03 Å². The maximum atomic E-state index is 11.9. The molecule has 108 valence electrons. The summed E-state index contributed by atoms with van der Waals surface area (Å²) in [6.45, 7) is 13.6. The number of carbonyl (C=O) groups excluding carboxylic acids is 1. The summed E-state index contributed by atoms with van der Waals surface area (Å²) >= 11 is 0. The average molecular weight is 258 g/mol. The molecule has 0 fully saturated rings. The summed E-state index contributed by atoms with van der Waals surface area (Å²) < 4.78 is 0. The second kappa shape index (κ2) is 6.98. The molecule has 0 aliphatic rings. The minimum absolute atomic E-state index is 0.0893. The summed E-state index contributed by atoms with van der Waals surface area (Å²) in [6, 6.07) is -0.0893. The van der Waals surface area contributed by atoms with Crippen LogP contribution in [0.5, 0.6) is 0 Å². The highest BCUT2D eigenvalue weighted by molar-refractivity contribution is 5.74. The van der Waals surface area contributed by atoms with E-state index in [0.29, 0.717) is 25.0 Å². The molecule has 0 aromatic heterocycles. The smallest absolute Gasteiger partial charge is 0.317 e. The Hall–Kier alpha value is -0.770. The second-order valence-electron chi connectivity index (χ2n) is 6.72. The van der Waals surface area contributed by atoms with Crippen LogP contribution in [0, 0.1) is 5.41 Å². The van der Waals surface area contributed by atoms with Crippen LogP contribution in [0.2, 0.25) is 0 Å². The topological polar surface area (TPSA) is 52.6 Å². The lowest BCUT2D eigenvalue weighted by Gasteiger charge is -2.28. The first-order chi connectivity index (χ1) is 8.05. The summed E-state index contributed by atoms with van der Waals surface area (Å²) in [5.74, 6) is 0. The van der Waals surface area contributed by atoms with Gasteiger partial charge in [0.2, 0.25) is 0 Å². The first kappa shape index (κ1) is 17.2. The Balaban J connectivity index is 3.99. The van der Waals surface area contributed by atoms with Crippen molar-refractivity contribution in [2.45, 2.75) is 60.0 Å². The van der Waals surface area contributed by atoms with E-state index in [2.05, 4.69) is 26.1 Å². The predicted octanol–water partition coefficient (Wildman–Crippen LogP) is 2.62. The monoisotopic (exact) mass is 258 g/mol. The lowest BCUT2D eigenvalue weighted by atomic mass is 9.91. The van der Waals surface area contributed by atoms with E-state index in [-0.39, 0.29) is 6.03 Å². The third-order valence-corrected chi connectivity index (χ3v) is 2.63. The molecular weight excluding hydrogens is 228 g/mol. The predicted molar refractivity (Wildman–Crippen MR) is 75.6 cm³/mol. The van der Waals surface area contributed by atoms with Crippen molar-refractivity contribution in [3.05, 3.63) is 0 Å². The molecule has 4 nitrogen and oxygen atoms in total. The average Bonchev–Trinajstić information content (AvgIpc) is 2.18. The maximum Gasteiger partial charge on any atom is 0.317 e. The number of rotatable bonds is 6. The molecule has 0 atom stereocenters. The van der Waals surface area contributed by atoms with Gasteiger partial charge in [-0.1, -0.05) is 20.8 Å². The third-order valence-electron chi connectivity index (χ3n) is 2.63. The van der Waals surface area contributed by atoms with E-state index in [1.54, 1.807) is 18.7 Å². The zero-order valence-corrected chi connectivity index (χ0v) is 12.8. The zero-order chi connectivity index (χ0) is 14.4. The van der Waals surface area contributed by atoms with E-state index in [4.69, 9.17) is 0 Å². The molecule has 0 aromatic rings. The molecule has 0 bridgehead atoms. The summed E-state index contributed by atoms with van der Waals surface area (Å²) in [4.78, 5) is 13.5. The van der Waals surface area contributed by atoms with Gasteiger partial charge in [0.25, 0.3) is 0 Å². The van der Waals surface area contributed by atoms with Crippen molar-refractivity contribution in [3.8, 4) is 0 Å². The summed E-state index contributed by atoms with van der Waals surface area (Å²) in [5.41, 5.74) is -0.541. The molecule has 0 saturated heterocycles. The lowest BCUT2D eigenvalue weighted by Crippen LogP contribution is -2.47. The fourth-order valence-corrected chi connectivity index (χ4v) is 1.72. The zero-order valence-electron chi connectivity index (χ0n) is 12.8. The Morgan fingerprint density at radius 2 is 1.78 bits per heavy atom. The number of aliphatic hydroxyl groups is 1. The number of carbonyl (C=O) groups is 1. The van der Waals surface area contributed by atoms with Gasteiger partial charge in [0.15, 0.2) is 0 Å². The van der Waals surface area contributed by atoms with E-state index in [1.165, 1.54) is 0 Å². The molecule has 0 aliphatic carbocycles. The molecule has 0 spiro atoms. The van der Waals surface area contributed by atoms with Crippen LogP contribution < -0.4 is 5.32 Å². The molecule has 2 N–H and O–H groups in total. The van der Waals surface area contributed by atoms with Crippen molar-refractivity contribution < 1.29 is 9.90 Å². The number of hydrogen-bond donors (Lipinski definition) is 2. The molecule has 0 aliphatic heterocycles. The van der Waals surface area contributed by atoms with Crippen molar-refractivity contribution in [3.63, 3.8) is 0 Å². The van der Waals surface area contributed by atoms with Gasteiger partial charge in [0.1, 0.15) is 0 Å². The number of nitrogens with one attached hydrogen (secondary N) is 1. The van der Waals surface area contributed by atoms with Crippen LogP contribution in [0.15, 0.2) is 0 Å². The van der Waals surface area contributed by atoms with Gasteiger partial charge >= 0.3 is 6.03 Å². The fourth-order valence-electron chi connectivity index (χ4n) is 1.72. The van der Waals surface area contributed by atoms with Crippen LogP contribution in [0.3, 0.4) is 0 Å². The van der Waals surface area contributed by atoms with Crippen LogP contribution in [0.4, 0.5) is 4.79 Å². The molecule has 0 rings (SSSR count). The molecule has 0 saturated carbocycles. The third kappa shape index (κ3) is 9.28. The molecule has 18 heavy (non-hydrogen) atoms. The summed E-state index contributed by atoms with van der Waals surface area (Å²) in [6.07, 6.45) is 2.07. The van der Waals surface area contributed by atoms with E-state index in [1.807, 2.05) is 6.92 Å². The molecule has 2 amide bonds. The molecular formula is C14H30N2O2. The van der Waals surface area contributed by atoms with Gasteiger partial charge in [0.05, 0.1) is 12.1 Å². The number of likely N-dealkylation sites (N-methyl/N-ethyl adjacent to an activating group) is 1. The van der Waals surface area contributed by atoms with E-state index in [0.717, 1.165) is 12.8 Å². The minimum Gasteiger partial charge on any atom is -0.389 e. The molecule has 0 radical (unpaired) electrons. The van der Waals surface area contributed by atoms with Gasteiger partial charge in [-0.05, 0) is 39.0 Å². The molecule has 0 unspecified atom stereocenters. The highest BCUT2D eigenvalue weighted by Gasteiger charge is 2.20. The number of urea groups is 1. The molecule has 4 heteroatoms. The van der Waals surface area contributed by atoms with Crippen LogP contribution in [-0.4, -0.2) is 41.3 Å². The minimum atomic E-state index is -0.848. The van der Waals surface area contributed by atoms with Crippen LogP contribution in [-0.2, 0) is 0 Å². The SMILES string of the molecule is CCN(CC(C)(C)O)C(=O)NCCCC(C)(C)C. The Morgan fingerprint density at radius 3 is 2.17 bits per heavy atom. The van der Waals surface area contributed by atoms with Gasteiger partial charge in [-0.2, -0.15) is 0 Å². The first-order valence-electron chi connectivity index (χ1n) is 6.80. The standard InChI is InChI=1S/C14H30N2O2/c1-7-16(11-14(5,6)18)12(17)15-10-8-9-13(2,3)4/h18H,7-11H2,1-6H3,(H,15,17). The largest absolute Gasteiger partial charge is 0.389 e. The Labute approximate surface area is 112 Å². The van der Waals surface area contributed by atoms with Gasteiger partial charge < -0.3 is 15.3 Å². The Morgan fingerprint density at radius 1 is 1.22 bits per heavy atom. The summed E-state index contributed by atoms with van der Waals surface area (Å²) in [7, 11) is 0. The first-order valence-corrected chi connectivity index (χ1v) is 6.80. The van der Waals surface area contributed by atoms with Crippen LogP contribution >= 0.6 is 0 Å². The number of nitrogens with zero attached hydrogens (tertiary/aromatic N) is 1. The highest BCUT2D eigenvalue weighted by atomic mass is 16.3. The van der Waals surface area contributed by atoms with Crippen molar-refractivity contribution in [2.24, 2.45) is 5.41 Å². The van der Waals surface area contributed by atoms with E-state index in [9.17, 15) is 9.90 Å². The fraction of sp³-hybridized carbons (Fsp3) is 0.929. The number of amides is 2. The Kier molecular flexibility index (Phi) is 6.68. The van der Waals surface area contributed by atoms with Crippen LogP contribution in [0.1, 0.15) is 54.4 Å². The lowest BCUT2D eigenvalue weighted by molar-refractivity contribution is 0.0480. The van der Waals surface area contributed by atoms with Crippen molar-refractivity contribution in [1.29, 1.82) is 0 Å².